The number of aliphatic carboxylic acids is 2. The van der Waals surface area contributed by atoms with Crippen LogP contribution in [0.5, 0.6) is 0 Å². The van der Waals surface area contributed by atoms with Gasteiger partial charge >= 0.3 is 11.9 Å². The van der Waals surface area contributed by atoms with Crippen LogP contribution in [-0.4, -0.2) is 75.3 Å². The molecule has 178 valence electrons. The summed E-state index contributed by atoms with van der Waals surface area (Å²) in [5, 5.41) is 34.8. The highest BCUT2D eigenvalue weighted by molar-refractivity contribution is 5.95. The quantitative estimate of drug-likeness (QED) is 0.174. The van der Waals surface area contributed by atoms with Crippen molar-refractivity contribution in [3.05, 3.63) is 0 Å². The van der Waals surface area contributed by atoms with Gasteiger partial charge in [-0.3, -0.25) is 19.2 Å². The minimum atomic E-state index is -1.56. The van der Waals surface area contributed by atoms with Crippen molar-refractivity contribution >= 4 is 29.7 Å². The molecule has 0 bridgehead atoms. The van der Waals surface area contributed by atoms with Crippen molar-refractivity contribution in [2.75, 3.05) is 0 Å². The lowest BCUT2D eigenvalue weighted by Crippen LogP contribution is -2.60. The van der Waals surface area contributed by atoms with E-state index in [2.05, 4.69) is 16.0 Å². The number of nitrogens with one attached hydrogen (secondary N) is 3. The zero-order valence-corrected chi connectivity index (χ0v) is 18.4. The lowest BCUT2D eigenvalue weighted by molar-refractivity contribution is -0.144. The number of aliphatic hydroxyl groups excluding tert-OH is 1. The van der Waals surface area contributed by atoms with Gasteiger partial charge in [0.1, 0.15) is 24.2 Å². The van der Waals surface area contributed by atoms with Gasteiger partial charge in [-0.15, -0.1) is 0 Å². The van der Waals surface area contributed by atoms with Gasteiger partial charge in [0.05, 0.1) is 12.5 Å². The summed E-state index contributed by atoms with van der Waals surface area (Å²) >= 11 is 0. The van der Waals surface area contributed by atoms with Crippen LogP contribution in [0, 0.1) is 11.8 Å². The maximum Gasteiger partial charge on any atom is 0.326 e. The van der Waals surface area contributed by atoms with Crippen LogP contribution in [0.4, 0.5) is 0 Å². The maximum absolute atomic E-state index is 12.7. The molecule has 0 saturated carbocycles. The van der Waals surface area contributed by atoms with Crippen LogP contribution < -0.4 is 21.7 Å². The maximum atomic E-state index is 12.7. The number of carboxylic acid groups (broad SMARTS) is 2. The Morgan fingerprint density at radius 1 is 0.839 bits per heavy atom. The molecule has 0 aromatic carbocycles. The lowest BCUT2D eigenvalue weighted by atomic mass is 9.97. The van der Waals surface area contributed by atoms with Crippen molar-refractivity contribution in [2.24, 2.45) is 17.6 Å². The Bertz CT molecular complexity index is 667. The van der Waals surface area contributed by atoms with Gasteiger partial charge in [0, 0.05) is 0 Å². The molecule has 0 aromatic heterocycles. The highest BCUT2D eigenvalue weighted by Crippen LogP contribution is 2.10. The van der Waals surface area contributed by atoms with E-state index >= 15 is 0 Å². The molecule has 31 heavy (non-hydrogen) atoms. The Morgan fingerprint density at radius 2 is 1.35 bits per heavy atom. The Balaban J connectivity index is 5.50. The van der Waals surface area contributed by atoms with Gasteiger partial charge in [-0.05, 0) is 18.8 Å². The molecule has 6 unspecified atom stereocenters. The number of hydrogen-bond donors (Lipinski definition) is 7. The Kier molecular flexibility index (Phi) is 11.7. The molecule has 0 fully saturated rings. The summed E-state index contributed by atoms with van der Waals surface area (Å²) in [4.78, 5) is 60.0. The van der Waals surface area contributed by atoms with Crippen LogP contribution in [0.1, 0.15) is 47.5 Å². The first-order valence-electron chi connectivity index (χ1n) is 10.0. The van der Waals surface area contributed by atoms with E-state index in [0.29, 0.717) is 6.42 Å². The van der Waals surface area contributed by atoms with Gasteiger partial charge < -0.3 is 37.0 Å². The standard InChI is InChI=1S/C19H34N4O8/c1-6-9(4)15(19(30)31)23-18(29)14(8(2)3)22-16(27)11(7-12(25)26)21-17(28)13(20)10(5)24/h8-11,13-15,24H,6-7,20H2,1-5H3,(H,21,28)(H,22,27)(H,23,29)(H,25,26)(H,30,31). The summed E-state index contributed by atoms with van der Waals surface area (Å²) in [6.07, 6.45) is -1.54. The van der Waals surface area contributed by atoms with E-state index < -0.39 is 72.3 Å². The van der Waals surface area contributed by atoms with Crippen molar-refractivity contribution in [3.63, 3.8) is 0 Å². The van der Waals surface area contributed by atoms with Crippen molar-refractivity contribution in [1.29, 1.82) is 0 Å². The average molecular weight is 447 g/mol. The van der Waals surface area contributed by atoms with E-state index in [-0.39, 0.29) is 5.92 Å². The average Bonchev–Trinajstić information content (AvgIpc) is 2.66. The van der Waals surface area contributed by atoms with E-state index in [4.69, 9.17) is 10.8 Å². The number of carboxylic acids is 2. The third kappa shape index (κ3) is 9.30. The van der Waals surface area contributed by atoms with Crippen molar-refractivity contribution < 1.29 is 39.3 Å². The Hall–Kier alpha value is -2.73. The molecule has 0 aliphatic carbocycles. The minimum absolute atomic E-state index is 0.369. The van der Waals surface area contributed by atoms with E-state index in [9.17, 15) is 34.2 Å². The second-order valence-electron chi connectivity index (χ2n) is 7.87. The molecule has 6 atom stereocenters. The zero-order chi connectivity index (χ0) is 24.5. The summed E-state index contributed by atoms with van der Waals surface area (Å²) in [6.45, 7) is 7.90. The van der Waals surface area contributed by atoms with Gasteiger partial charge in [0.2, 0.25) is 17.7 Å². The van der Waals surface area contributed by atoms with E-state index in [1.54, 1.807) is 27.7 Å². The van der Waals surface area contributed by atoms with Crippen LogP contribution in [0.25, 0.3) is 0 Å². The fourth-order valence-corrected chi connectivity index (χ4v) is 2.59. The second-order valence-corrected chi connectivity index (χ2v) is 7.87. The predicted octanol–water partition coefficient (Wildman–Crippen LogP) is -1.59. The van der Waals surface area contributed by atoms with E-state index in [1.165, 1.54) is 6.92 Å². The van der Waals surface area contributed by atoms with Crippen LogP contribution in [0.15, 0.2) is 0 Å². The van der Waals surface area contributed by atoms with Crippen molar-refractivity contribution in [1.82, 2.24) is 16.0 Å². The molecule has 0 radical (unpaired) electrons. The number of nitrogens with two attached hydrogens (primary N) is 1. The summed E-state index contributed by atoms with van der Waals surface area (Å²) in [7, 11) is 0. The molecule has 0 heterocycles. The third-order valence-electron chi connectivity index (χ3n) is 4.86. The molecular weight excluding hydrogens is 412 g/mol. The van der Waals surface area contributed by atoms with Crippen LogP contribution >= 0.6 is 0 Å². The molecule has 0 aromatic rings. The second kappa shape index (κ2) is 12.8. The molecule has 8 N–H and O–H groups in total. The largest absolute Gasteiger partial charge is 0.481 e. The predicted molar refractivity (Wildman–Crippen MR) is 110 cm³/mol. The molecular formula is C19H34N4O8. The van der Waals surface area contributed by atoms with Gasteiger partial charge in [-0.1, -0.05) is 34.1 Å². The smallest absolute Gasteiger partial charge is 0.326 e. The van der Waals surface area contributed by atoms with Crippen LogP contribution in [0.3, 0.4) is 0 Å². The number of hydrogen-bond acceptors (Lipinski definition) is 7. The van der Waals surface area contributed by atoms with E-state index in [0.717, 1.165) is 0 Å². The first kappa shape index (κ1) is 28.3. The summed E-state index contributed by atoms with van der Waals surface area (Å²) in [5.41, 5.74) is 5.50. The highest BCUT2D eigenvalue weighted by Gasteiger charge is 2.34. The third-order valence-corrected chi connectivity index (χ3v) is 4.86. The molecule has 0 aliphatic rings. The molecule has 12 heteroatoms. The number of amides is 3. The molecule has 3 amide bonds. The van der Waals surface area contributed by atoms with Gasteiger partial charge in [0.25, 0.3) is 0 Å². The van der Waals surface area contributed by atoms with Crippen molar-refractivity contribution in [2.45, 2.75) is 77.7 Å². The monoisotopic (exact) mass is 446 g/mol. The molecule has 0 saturated heterocycles. The first-order valence-corrected chi connectivity index (χ1v) is 10.0. The van der Waals surface area contributed by atoms with Gasteiger partial charge in [0.15, 0.2) is 0 Å². The van der Waals surface area contributed by atoms with Crippen molar-refractivity contribution in [3.8, 4) is 0 Å². The topological polar surface area (TPSA) is 208 Å². The zero-order valence-electron chi connectivity index (χ0n) is 18.4. The number of carbonyl (C=O) groups is 5. The van der Waals surface area contributed by atoms with Gasteiger partial charge in [-0.2, -0.15) is 0 Å². The summed E-state index contributed by atoms with van der Waals surface area (Å²) in [5.74, 6) is -6.11. The minimum Gasteiger partial charge on any atom is -0.481 e. The van der Waals surface area contributed by atoms with Crippen LogP contribution in [-0.2, 0) is 24.0 Å². The molecule has 0 spiro atoms. The SMILES string of the molecule is CCC(C)C(NC(=O)C(NC(=O)C(CC(=O)O)NC(=O)C(N)C(C)O)C(C)C)C(=O)O. The van der Waals surface area contributed by atoms with E-state index in [1.807, 2.05) is 0 Å². The molecule has 12 nitrogen and oxygen atoms in total. The number of aliphatic hydroxyl groups is 1. The molecule has 0 aliphatic heterocycles. The number of rotatable bonds is 13. The summed E-state index contributed by atoms with van der Waals surface area (Å²) in [6, 6.07) is -5.31. The lowest BCUT2D eigenvalue weighted by Gasteiger charge is -2.28. The van der Waals surface area contributed by atoms with Crippen LogP contribution in [0.2, 0.25) is 0 Å². The Labute approximate surface area is 180 Å². The van der Waals surface area contributed by atoms with Gasteiger partial charge in [-0.25, -0.2) is 4.79 Å². The highest BCUT2D eigenvalue weighted by atomic mass is 16.4. The normalized spacial score (nSPS) is 16.9. The fourth-order valence-electron chi connectivity index (χ4n) is 2.59. The number of carbonyl (C=O) groups excluding carboxylic acids is 3. The first-order chi connectivity index (χ1) is 14.2. The fraction of sp³-hybridized carbons (Fsp3) is 0.737. The Morgan fingerprint density at radius 3 is 1.74 bits per heavy atom. The summed E-state index contributed by atoms with van der Waals surface area (Å²) < 4.78 is 0. The molecule has 0 rings (SSSR count).